The number of phosphoric acid groups is 3. The van der Waals surface area contributed by atoms with Gasteiger partial charge in [-0.3, -0.25) is 23.6 Å². The van der Waals surface area contributed by atoms with Crippen molar-refractivity contribution in [1.82, 2.24) is 19.3 Å². The molecule has 0 amide bonds. The van der Waals surface area contributed by atoms with Crippen molar-refractivity contribution in [2.24, 2.45) is 0 Å². The zero-order chi connectivity index (χ0) is 28.8. The van der Waals surface area contributed by atoms with Gasteiger partial charge in [-0.15, -0.1) is 0 Å². The number of aromatic nitrogens is 4. The van der Waals surface area contributed by atoms with Gasteiger partial charge in [-0.2, -0.15) is 13.7 Å². The van der Waals surface area contributed by atoms with E-state index in [1.165, 1.54) is 0 Å². The highest BCUT2D eigenvalue weighted by atomic mass is 31.3. The molecule has 3 aromatic rings. The topological polar surface area (TPSA) is 282 Å². The Labute approximate surface area is 216 Å². The molecule has 3 unspecified atom stereocenters. The molecule has 1 aromatic carbocycles. The number of rotatable bonds is 10. The third-order valence-electron chi connectivity index (χ3n) is 5.38. The van der Waals surface area contributed by atoms with Crippen molar-refractivity contribution in [3.8, 4) is 0 Å². The van der Waals surface area contributed by atoms with E-state index in [2.05, 4.69) is 23.3 Å². The Balaban J connectivity index is 1.50. The molecule has 4 rings (SSSR count). The first-order valence-corrected chi connectivity index (χ1v) is 15.1. The second-order valence-electron chi connectivity index (χ2n) is 8.08. The molecule has 7 N–H and O–H groups in total. The maximum atomic E-state index is 13.1. The first-order chi connectivity index (χ1) is 18.1. The second-order valence-corrected chi connectivity index (χ2v) is 12.5. The summed E-state index contributed by atoms with van der Waals surface area (Å²) >= 11 is 0. The Morgan fingerprint density at radius 1 is 0.974 bits per heavy atom. The molecule has 0 radical (unpaired) electrons. The summed E-state index contributed by atoms with van der Waals surface area (Å²) < 4.78 is 52.7. The maximum absolute atomic E-state index is 13.1. The standard InChI is InChI=1S/C17H21N4O15P3/c22-13-5-6-20(17(25)21(13)7-11-9-3-1-2-4-10(9)18-19-11)16-15(24)14(23)12(34-16)8-33-38(29,30)36-39(31,32)35-37(26,27)28/h1-6,12,14-16,23-24H,7-8H2,(H,18,19)(H,29,30)(H,31,32)(H2,26,27,28)/t12-,14+,15?,16-/m1/s1. The van der Waals surface area contributed by atoms with Gasteiger partial charge in [0.1, 0.15) is 18.3 Å². The summed E-state index contributed by atoms with van der Waals surface area (Å²) in [5.74, 6) is 0. The van der Waals surface area contributed by atoms with Crippen LogP contribution in [0.4, 0.5) is 0 Å². The smallest absolute Gasteiger partial charge is 0.387 e. The summed E-state index contributed by atoms with van der Waals surface area (Å²) in [4.78, 5) is 61.5. The minimum Gasteiger partial charge on any atom is -0.387 e. The summed E-state index contributed by atoms with van der Waals surface area (Å²) in [5.41, 5.74) is -0.629. The predicted molar refractivity (Wildman–Crippen MR) is 126 cm³/mol. The number of H-pyrrole nitrogens is 1. The normalized spacial score (nSPS) is 25.0. The van der Waals surface area contributed by atoms with Gasteiger partial charge < -0.3 is 34.5 Å². The van der Waals surface area contributed by atoms with E-state index in [0.29, 0.717) is 16.6 Å². The van der Waals surface area contributed by atoms with E-state index in [0.717, 1.165) is 21.4 Å². The average molecular weight is 614 g/mol. The van der Waals surface area contributed by atoms with E-state index >= 15 is 0 Å². The number of nitrogens with zero attached hydrogens (tertiary/aromatic N) is 3. The molecule has 6 atom stereocenters. The van der Waals surface area contributed by atoms with Crippen LogP contribution in [-0.4, -0.2) is 74.0 Å². The molecule has 1 aliphatic rings. The van der Waals surface area contributed by atoms with Crippen molar-refractivity contribution in [2.75, 3.05) is 6.61 Å². The predicted octanol–water partition coefficient (Wildman–Crippen LogP) is -1.10. The number of benzene rings is 1. The number of nitrogens with one attached hydrogen (secondary N) is 1. The lowest BCUT2D eigenvalue weighted by molar-refractivity contribution is -0.0547. The molecule has 1 fully saturated rings. The fourth-order valence-corrected chi connectivity index (χ4v) is 6.76. The lowest BCUT2D eigenvalue weighted by Gasteiger charge is -2.19. The Kier molecular flexibility index (Phi) is 8.29. The van der Waals surface area contributed by atoms with Crippen molar-refractivity contribution in [1.29, 1.82) is 0 Å². The van der Waals surface area contributed by atoms with Crippen LogP contribution in [0.5, 0.6) is 0 Å². The molecule has 1 saturated heterocycles. The molecule has 0 bridgehead atoms. The van der Waals surface area contributed by atoms with Crippen LogP contribution in [0.2, 0.25) is 0 Å². The van der Waals surface area contributed by atoms with Crippen LogP contribution in [0.3, 0.4) is 0 Å². The van der Waals surface area contributed by atoms with Crippen molar-refractivity contribution < 1.29 is 61.4 Å². The molecule has 22 heteroatoms. The highest BCUT2D eigenvalue weighted by Gasteiger charge is 2.47. The number of aliphatic hydroxyl groups excluding tert-OH is 2. The fraction of sp³-hybridized carbons (Fsp3) is 0.353. The number of hydrogen-bond acceptors (Lipinski definition) is 12. The Hall–Kier alpha value is -2.34. The molecular weight excluding hydrogens is 593 g/mol. The summed E-state index contributed by atoms with van der Waals surface area (Å²) in [7, 11) is -16.9. The van der Waals surface area contributed by atoms with Crippen LogP contribution in [0.25, 0.3) is 10.9 Å². The van der Waals surface area contributed by atoms with Crippen LogP contribution < -0.4 is 11.2 Å². The molecule has 2 aromatic heterocycles. The number of fused-ring (bicyclic) bond motifs is 1. The Morgan fingerprint density at radius 2 is 1.67 bits per heavy atom. The molecule has 39 heavy (non-hydrogen) atoms. The SMILES string of the molecule is O=c1ccn([C@@H]2O[C@H](COP(=O)(O)OP(=O)(O)OP(=O)(O)O)[C@H](O)C2O)c(=O)n1Cc1[nH]nc2ccccc12. The lowest BCUT2D eigenvalue weighted by Crippen LogP contribution is -2.43. The van der Waals surface area contributed by atoms with Crippen molar-refractivity contribution >= 4 is 34.4 Å². The highest BCUT2D eigenvalue weighted by molar-refractivity contribution is 7.66. The van der Waals surface area contributed by atoms with E-state index in [-0.39, 0.29) is 6.54 Å². The largest absolute Gasteiger partial charge is 0.490 e. The average Bonchev–Trinajstić information content (AvgIpc) is 3.34. The second kappa shape index (κ2) is 10.9. The molecule has 0 spiro atoms. The molecule has 1 aliphatic heterocycles. The van der Waals surface area contributed by atoms with Gasteiger partial charge in [0.15, 0.2) is 6.23 Å². The van der Waals surface area contributed by atoms with Crippen molar-refractivity contribution in [2.45, 2.75) is 31.1 Å². The first kappa shape index (κ1) is 29.6. The Bertz CT molecular complexity index is 1630. The van der Waals surface area contributed by atoms with Crippen LogP contribution in [-0.2, 0) is 38.1 Å². The summed E-state index contributed by atoms with van der Waals surface area (Å²) in [6, 6.07) is 7.93. The van der Waals surface area contributed by atoms with E-state index in [1.807, 2.05) is 0 Å². The number of para-hydroxylation sites is 1. The van der Waals surface area contributed by atoms with E-state index in [4.69, 9.17) is 14.5 Å². The number of hydrogen-bond donors (Lipinski definition) is 7. The van der Waals surface area contributed by atoms with E-state index in [1.54, 1.807) is 24.3 Å². The molecule has 19 nitrogen and oxygen atoms in total. The summed E-state index contributed by atoms with van der Waals surface area (Å²) in [5, 5.41) is 28.3. The van der Waals surface area contributed by atoms with Crippen molar-refractivity contribution in [3.63, 3.8) is 0 Å². The quantitative estimate of drug-likeness (QED) is 0.133. The van der Waals surface area contributed by atoms with Gasteiger partial charge in [0, 0.05) is 17.6 Å². The van der Waals surface area contributed by atoms with Gasteiger partial charge in [-0.1, -0.05) is 18.2 Å². The summed E-state index contributed by atoms with van der Waals surface area (Å²) in [6.07, 6.45) is -5.91. The van der Waals surface area contributed by atoms with Gasteiger partial charge >= 0.3 is 29.2 Å². The van der Waals surface area contributed by atoms with Gasteiger partial charge in [0.05, 0.1) is 24.4 Å². The van der Waals surface area contributed by atoms with Crippen LogP contribution in [0.1, 0.15) is 11.9 Å². The molecule has 3 heterocycles. The number of ether oxygens (including phenoxy) is 1. The first-order valence-electron chi connectivity index (χ1n) is 10.6. The molecule has 0 aliphatic carbocycles. The van der Waals surface area contributed by atoms with Crippen molar-refractivity contribution in [3.05, 3.63) is 63.1 Å². The van der Waals surface area contributed by atoms with Crippen LogP contribution >= 0.6 is 23.5 Å². The molecule has 214 valence electrons. The van der Waals surface area contributed by atoms with Crippen LogP contribution in [0.15, 0.2) is 46.1 Å². The monoisotopic (exact) mass is 614 g/mol. The van der Waals surface area contributed by atoms with Crippen LogP contribution in [0, 0.1) is 0 Å². The number of phosphoric ester groups is 1. The number of aliphatic hydroxyl groups is 2. The van der Waals surface area contributed by atoms with Gasteiger partial charge in [0.25, 0.3) is 5.56 Å². The van der Waals surface area contributed by atoms with Gasteiger partial charge in [-0.25, -0.2) is 18.5 Å². The third-order valence-corrected chi connectivity index (χ3v) is 9.18. The van der Waals surface area contributed by atoms with Gasteiger partial charge in [-0.05, 0) is 6.07 Å². The number of aromatic amines is 1. The van der Waals surface area contributed by atoms with Gasteiger partial charge in [0.2, 0.25) is 0 Å². The minimum absolute atomic E-state index is 0.236. The fourth-order valence-electron chi connectivity index (χ4n) is 3.73. The molecular formula is C17H21N4O15P3. The Morgan fingerprint density at radius 3 is 2.36 bits per heavy atom. The van der Waals surface area contributed by atoms with E-state index < -0.39 is 65.9 Å². The highest BCUT2D eigenvalue weighted by Crippen LogP contribution is 2.66. The maximum Gasteiger partial charge on any atom is 0.490 e. The zero-order valence-corrected chi connectivity index (χ0v) is 21.9. The lowest BCUT2D eigenvalue weighted by atomic mass is 10.1. The minimum atomic E-state index is -5.78. The molecule has 0 saturated carbocycles. The third kappa shape index (κ3) is 6.87. The van der Waals surface area contributed by atoms with E-state index in [9.17, 15) is 43.3 Å². The zero-order valence-electron chi connectivity index (χ0n) is 19.2. The summed E-state index contributed by atoms with van der Waals surface area (Å²) in [6.45, 7) is -1.31.